The number of pyridine rings is 2. The average Bonchev–Trinajstić information content (AvgIpc) is 3.50. The Morgan fingerprint density at radius 2 is 1.90 bits per heavy atom. The van der Waals surface area contributed by atoms with Crippen molar-refractivity contribution in [1.29, 1.82) is 0 Å². The summed E-state index contributed by atoms with van der Waals surface area (Å²) in [6.07, 6.45) is 2.24. The van der Waals surface area contributed by atoms with Gasteiger partial charge in [-0.15, -0.1) is 0 Å². The lowest BCUT2D eigenvalue weighted by molar-refractivity contribution is 0.0635. The Labute approximate surface area is 224 Å². The van der Waals surface area contributed by atoms with Crippen LogP contribution < -0.4 is 10.6 Å². The van der Waals surface area contributed by atoms with Crippen molar-refractivity contribution in [2.24, 2.45) is 0 Å². The number of hydrogen-bond acceptors (Lipinski definition) is 8. The Morgan fingerprint density at radius 3 is 2.62 bits per heavy atom. The molecule has 0 radical (unpaired) electrons. The minimum atomic E-state index is -0.830. The fraction of sp³-hybridized carbons (Fsp3) is 0.429. The van der Waals surface area contributed by atoms with Gasteiger partial charge >= 0.3 is 12.2 Å². The number of fused-ring (bicyclic) bond motifs is 2. The van der Waals surface area contributed by atoms with Crippen molar-refractivity contribution in [2.75, 3.05) is 23.8 Å². The highest BCUT2D eigenvalue weighted by Crippen LogP contribution is 2.41. The summed E-state index contributed by atoms with van der Waals surface area (Å²) in [7, 11) is 0. The van der Waals surface area contributed by atoms with Gasteiger partial charge in [0.2, 0.25) is 0 Å². The molecule has 39 heavy (non-hydrogen) atoms. The van der Waals surface area contributed by atoms with Crippen LogP contribution in [0.1, 0.15) is 56.5 Å². The third-order valence-corrected chi connectivity index (χ3v) is 6.73. The molecule has 0 unspecified atom stereocenters. The molecule has 206 valence electrons. The molecule has 1 aliphatic carbocycles. The number of carbonyl (C=O) groups excluding carboxylic acids is 2. The summed E-state index contributed by atoms with van der Waals surface area (Å²) in [6, 6.07) is 3.17. The Kier molecular flexibility index (Phi) is 7.13. The molecule has 1 aliphatic heterocycles. The fourth-order valence-electron chi connectivity index (χ4n) is 4.96. The lowest BCUT2D eigenvalue weighted by Gasteiger charge is -2.21. The molecule has 3 heterocycles. The number of hydrogen-bond donors (Lipinski definition) is 3. The molecular weight excluding hydrogens is 507 g/mol. The van der Waals surface area contributed by atoms with E-state index < -0.39 is 29.7 Å². The number of amides is 2. The van der Waals surface area contributed by atoms with Crippen molar-refractivity contribution in [1.82, 2.24) is 9.97 Å². The van der Waals surface area contributed by atoms with E-state index in [0.29, 0.717) is 59.9 Å². The standard InChI is InChI=1S/C28H31FN4O6/c1-14-18(11-30-20-5-6-21(34)23(14)20)17-9-15-10-22(32-26(35)38-16-7-8-37-13-16)31-12-19(15)25(24(17)29)33-27(36)39-28(2,3)4/h9-12,16,21,34H,5-8,13H2,1-4H3,(H,33,36)(H,31,32,35)/t16-,21+/m1/s1. The summed E-state index contributed by atoms with van der Waals surface area (Å²) in [5.74, 6) is -0.514. The highest BCUT2D eigenvalue weighted by atomic mass is 19.1. The molecule has 2 aliphatic rings. The molecule has 1 aromatic carbocycles. The lowest BCUT2D eigenvalue weighted by Crippen LogP contribution is -2.27. The van der Waals surface area contributed by atoms with Crippen LogP contribution in [0.3, 0.4) is 0 Å². The number of carbonyl (C=O) groups is 2. The van der Waals surface area contributed by atoms with Crippen LogP contribution in [0.5, 0.6) is 0 Å². The van der Waals surface area contributed by atoms with Crippen LogP contribution in [0, 0.1) is 12.7 Å². The third-order valence-electron chi connectivity index (χ3n) is 6.73. The summed E-state index contributed by atoms with van der Waals surface area (Å²) >= 11 is 0. The molecule has 3 N–H and O–H groups in total. The van der Waals surface area contributed by atoms with E-state index >= 15 is 4.39 Å². The lowest BCUT2D eigenvalue weighted by atomic mass is 9.94. The Balaban J connectivity index is 1.57. The Morgan fingerprint density at radius 1 is 1.10 bits per heavy atom. The molecular formula is C28H31FN4O6. The SMILES string of the molecule is Cc1c(-c2cc3cc(NC(=O)O[C@@H]4CCOC4)ncc3c(NC(=O)OC(C)(C)C)c2F)cnc2c1[C@@H](O)CC2. The summed E-state index contributed by atoms with van der Waals surface area (Å²) in [4.78, 5) is 33.8. The maximum absolute atomic E-state index is 16.2. The number of halogens is 1. The molecule has 3 aromatic rings. The number of nitrogens with one attached hydrogen (secondary N) is 2. The van der Waals surface area contributed by atoms with Gasteiger partial charge in [0.15, 0.2) is 5.82 Å². The van der Waals surface area contributed by atoms with Gasteiger partial charge in [0, 0.05) is 46.6 Å². The monoisotopic (exact) mass is 538 g/mol. The van der Waals surface area contributed by atoms with Gasteiger partial charge < -0.3 is 19.3 Å². The molecule has 2 atom stereocenters. The van der Waals surface area contributed by atoms with Crippen LogP contribution in [-0.2, 0) is 20.6 Å². The normalized spacial score (nSPS) is 18.6. The largest absolute Gasteiger partial charge is 0.444 e. The van der Waals surface area contributed by atoms with Gasteiger partial charge in [0.05, 0.1) is 25.0 Å². The predicted molar refractivity (Wildman–Crippen MR) is 142 cm³/mol. The van der Waals surface area contributed by atoms with E-state index in [2.05, 4.69) is 20.6 Å². The number of nitrogens with zero attached hydrogens (tertiary/aromatic N) is 2. The number of rotatable bonds is 4. The van der Waals surface area contributed by atoms with Crippen LogP contribution in [0.2, 0.25) is 0 Å². The van der Waals surface area contributed by atoms with Crippen molar-refractivity contribution in [3.63, 3.8) is 0 Å². The van der Waals surface area contributed by atoms with E-state index in [1.807, 2.05) is 6.92 Å². The predicted octanol–water partition coefficient (Wildman–Crippen LogP) is 5.41. The van der Waals surface area contributed by atoms with E-state index in [4.69, 9.17) is 14.2 Å². The van der Waals surface area contributed by atoms with Gasteiger partial charge in [-0.1, -0.05) is 0 Å². The first-order valence-electron chi connectivity index (χ1n) is 12.8. The number of ether oxygens (including phenoxy) is 3. The molecule has 1 fully saturated rings. The van der Waals surface area contributed by atoms with Gasteiger partial charge in [-0.05, 0) is 63.6 Å². The summed E-state index contributed by atoms with van der Waals surface area (Å²) in [6.45, 7) is 7.80. The molecule has 10 nitrogen and oxygen atoms in total. The van der Waals surface area contributed by atoms with Gasteiger partial charge in [0.25, 0.3) is 0 Å². The average molecular weight is 539 g/mol. The highest BCUT2D eigenvalue weighted by molar-refractivity contribution is 6.04. The molecule has 2 amide bonds. The van der Waals surface area contributed by atoms with E-state index in [-0.39, 0.29) is 23.2 Å². The van der Waals surface area contributed by atoms with E-state index in [9.17, 15) is 14.7 Å². The number of anilines is 2. The number of aliphatic hydroxyl groups excluding tert-OH is 1. The van der Waals surface area contributed by atoms with Crippen molar-refractivity contribution in [2.45, 2.75) is 64.8 Å². The molecule has 0 bridgehead atoms. The molecule has 5 rings (SSSR count). The van der Waals surface area contributed by atoms with Crippen molar-refractivity contribution in [3.05, 3.63) is 47.2 Å². The summed E-state index contributed by atoms with van der Waals surface area (Å²) in [5.41, 5.74) is 1.92. The summed E-state index contributed by atoms with van der Waals surface area (Å²) in [5, 5.41) is 16.4. The zero-order valence-electron chi connectivity index (χ0n) is 22.3. The van der Waals surface area contributed by atoms with Gasteiger partial charge in [0.1, 0.15) is 17.5 Å². The first kappa shape index (κ1) is 26.8. The topological polar surface area (TPSA) is 132 Å². The summed E-state index contributed by atoms with van der Waals surface area (Å²) < 4.78 is 32.1. The molecule has 11 heteroatoms. The molecule has 2 aromatic heterocycles. The smallest absolute Gasteiger partial charge is 0.413 e. The zero-order chi connectivity index (χ0) is 27.9. The van der Waals surface area contributed by atoms with Crippen LogP contribution >= 0.6 is 0 Å². The fourth-order valence-corrected chi connectivity index (χ4v) is 4.96. The van der Waals surface area contributed by atoms with Crippen LogP contribution in [0.25, 0.3) is 21.9 Å². The second-order valence-electron chi connectivity index (χ2n) is 10.8. The van der Waals surface area contributed by atoms with Crippen LogP contribution in [-0.4, -0.2) is 52.2 Å². The number of aromatic nitrogens is 2. The number of aryl methyl sites for hydroxylation is 1. The highest BCUT2D eigenvalue weighted by Gasteiger charge is 2.28. The Bertz CT molecular complexity index is 1450. The quantitative estimate of drug-likeness (QED) is 0.402. The van der Waals surface area contributed by atoms with Gasteiger partial charge in [-0.2, -0.15) is 0 Å². The maximum Gasteiger partial charge on any atom is 0.413 e. The number of aliphatic hydroxyl groups is 1. The van der Waals surface area contributed by atoms with Crippen molar-refractivity contribution in [3.8, 4) is 11.1 Å². The minimum Gasteiger partial charge on any atom is -0.444 e. The third kappa shape index (κ3) is 5.64. The minimum absolute atomic E-state index is 0.123. The van der Waals surface area contributed by atoms with Gasteiger partial charge in [-0.3, -0.25) is 15.6 Å². The second kappa shape index (κ2) is 10.4. The van der Waals surface area contributed by atoms with E-state index in [0.717, 1.165) is 5.69 Å². The number of benzene rings is 1. The molecule has 0 saturated carbocycles. The van der Waals surface area contributed by atoms with E-state index in [1.165, 1.54) is 6.20 Å². The van der Waals surface area contributed by atoms with Crippen molar-refractivity contribution >= 4 is 34.5 Å². The zero-order valence-corrected chi connectivity index (χ0v) is 22.3. The molecule has 1 saturated heterocycles. The molecule has 0 spiro atoms. The van der Waals surface area contributed by atoms with Crippen molar-refractivity contribution < 1.29 is 33.3 Å². The first-order valence-corrected chi connectivity index (χ1v) is 12.8. The first-order chi connectivity index (χ1) is 18.5. The maximum atomic E-state index is 16.2. The van der Waals surface area contributed by atoms with Crippen LogP contribution in [0.4, 0.5) is 25.5 Å². The van der Waals surface area contributed by atoms with Crippen LogP contribution in [0.15, 0.2) is 24.5 Å². The Hall–Kier alpha value is -3.83. The second-order valence-corrected chi connectivity index (χ2v) is 10.8. The van der Waals surface area contributed by atoms with Gasteiger partial charge in [-0.25, -0.2) is 19.0 Å². The van der Waals surface area contributed by atoms with E-state index in [1.54, 1.807) is 39.1 Å².